The number of amides is 2. The van der Waals surface area contributed by atoms with Crippen molar-refractivity contribution in [3.63, 3.8) is 0 Å². The molecule has 0 aliphatic carbocycles. The summed E-state index contributed by atoms with van der Waals surface area (Å²) < 4.78 is 6.31. The molecule has 0 radical (unpaired) electrons. The standard InChI is InChI=1S/C20H17BrN2O4/c1-12-7-8-17-13(9-12)16(24)10-18(27-17)20(26)23(2)11-19(25)22-15-6-4-3-5-14(15)21/h3-10H,11H2,1-2H3,(H,22,25). The summed E-state index contributed by atoms with van der Waals surface area (Å²) in [5.74, 6) is -1.01. The zero-order valence-electron chi connectivity index (χ0n) is 14.8. The van der Waals surface area contributed by atoms with Gasteiger partial charge in [0.15, 0.2) is 11.2 Å². The van der Waals surface area contributed by atoms with Crippen LogP contribution in [0.25, 0.3) is 11.0 Å². The first-order chi connectivity index (χ1) is 12.8. The van der Waals surface area contributed by atoms with Crippen LogP contribution in [0.2, 0.25) is 0 Å². The first-order valence-corrected chi connectivity index (χ1v) is 8.99. The Balaban J connectivity index is 1.76. The Kier molecular flexibility index (Phi) is 5.41. The van der Waals surface area contributed by atoms with Crippen molar-refractivity contribution in [2.75, 3.05) is 18.9 Å². The minimum atomic E-state index is -0.545. The number of nitrogens with one attached hydrogen (secondary N) is 1. The lowest BCUT2D eigenvalue weighted by Crippen LogP contribution is -2.35. The fourth-order valence-electron chi connectivity index (χ4n) is 2.60. The fourth-order valence-corrected chi connectivity index (χ4v) is 2.99. The minimum absolute atomic E-state index is 0.104. The lowest BCUT2D eigenvalue weighted by Gasteiger charge is -2.16. The molecule has 0 fully saturated rings. The third-order valence-corrected chi connectivity index (χ3v) is 4.66. The number of carbonyl (C=O) groups is 2. The second kappa shape index (κ2) is 7.75. The van der Waals surface area contributed by atoms with E-state index in [9.17, 15) is 14.4 Å². The topological polar surface area (TPSA) is 79.6 Å². The van der Waals surface area contributed by atoms with Gasteiger partial charge < -0.3 is 14.6 Å². The monoisotopic (exact) mass is 428 g/mol. The van der Waals surface area contributed by atoms with Crippen molar-refractivity contribution < 1.29 is 14.0 Å². The molecule has 1 aromatic heterocycles. The van der Waals surface area contributed by atoms with Gasteiger partial charge >= 0.3 is 0 Å². The summed E-state index contributed by atoms with van der Waals surface area (Å²) in [4.78, 5) is 38.2. The normalized spacial score (nSPS) is 10.6. The van der Waals surface area contributed by atoms with Gasteiger partial charge in [0.25, 0.3) is 5.91 Å². The van der Waals surface area contributed by atoms with Crippen LogP contribution in [-0.2, 0) is 4.79 Å². The van der Waals surface area contributed by atoms with Gasteiger partial charge in [0.1, 0.15) is 5.58 Å². The van der Waals surface area contributed by atoms with Gasteiger partial charge in [0.2, 0.25) is 5.91 Å². The van der Waals surface area contributed by atoms with Gasteiger partial charge in [-0.2, -0.15) is 0 Å². The van der Waals surface area contributed by atoms with Crippen molar-refractivity contribution in [2.45, 2.75) is 6.92 Å². The van der Waals surface area contributed by atoms with Crippen molar-refractivity contribution in [2.24, 2.45) is 0 Å². The summed E-state index contributed by atoms with van der Waals surface area (Å²) in [5, 5.41) is 3.14. The van der Waals surface area contributed by atoms with E-state index in [1.165, 1.54) is 11.9 Å². The Bertz CT molecular complexity index is 1090. The lowest BCUT2D eigenvalue weighted by atomic mass is 10.1. The van der Waals surface area contributed by atoms with E-state index in [-0.39, 0.29) is 23.6 Å². The van der Waals surface area contributed by atoms with Gasteiger partial charge in [-0.1, -0.05) is 23.8 Å². The predicted octanol–water partition coefficient (Wildman–Crippen LogP) is 3.57. The molecule has 0 aliphatic heterocycles. The van der Waals surface area contributed by atoms with Gasteiger partial charge in [-0.05, 0) is 47.1 Å². The number of rotatable bonds is 4. The highest BCUT2D eigenvalue weighted by Gasteiger charge is 2.19. The second-order valence-electron chi connectivity index (χ2n) is 6.16. The number of nitrogens with zero attached hydrogens (tertiary/aromatic N) is 1. The molecule has 3 rings (SSSR count). The van der Waals surface area contributed by atoms with Crippen LogP contribution in [0.3, 0.4) is 0 Å². The first kappa shape index (κ1) is 18.8. The van der Waals surface area contributed by atoms with E-state index in [0.29, 0.717) is 16.7 Å². The molecule has 1 heterocycles. The molecule has 2 aromatic carbocycles. The zero-order chi connectivity index (χ0) is 19.6. The number of aryl methyl sites for hydroxylation is 1. The Morgan fingerprint density at radius 2 is 1.89 bits per heavy atom. The van der Waals surface area contributed by atoms with Crippen molar-refractivity contribution in [3.8, 4) is 0 Å². The number of carbonyl (C=O) groups excluding carboxylic acids is 2. The Morgan fingerprint density at radius 3 is 2.63 bits per heavy atom. The highest BCUT2D eigenvalue weighted by molar-refractivity contribution is 9.10. The average molecular weight is 429 g/mol. The third kappa shape index (κ3) is 4.25. The molecule has 0 aliphatic rings. The molecule has 0 saturated heterocycles. The molecule has 1 N–H and O–H groups in total. The quantitative estimate of drug-likeness (QED) is 0.688. The van der Waals surface area contributed by atoms with Crippen LogP contribution in [0.5, 0.6) is 0 Å². The number of hydrogen-bond acceptors (Lipinski definition) is 4. The SMILES string of the molecule is Cc1ccc2oc(C(=O)N(C)CC(=O)Nc3ccccc3Br)cc(=O)c2c1. The van der Waals surface area contributed by atoms with Crippen LogP contribution < -0.4 is 10.7 Å². The van der Waals surface area contributed by atoms with Crippen molar-refractivity contribution in [3.05, 3.63) is 74.6 Å². The van der Waals surface area contributed by atoms with Crippen LogP contribution >= 0.6 is 15.9 Å². The minimum Gasteiger partial charge on any atom is -0.451 e. The molecule has 0 atom stereocenters. The summed E-state index contributed by atoms with van der Waals surface area (Å²) in [5.41, 5.74) is 1.57. The molecule has 7 heteroatoms. The maximum atomic E-state index is 12.6. The summed E-state index contributed by atoms with van der Waals surface area (Å²) >= 11 is 3.35. The highest BCUT2D eigenvalue weighted by Crippen LogP contribution is 2.21. The maximum Gasteiger partial charge on any atom is 0.289 e. The number of fused-ring (bicyclic) bond motifs is 1. The van der Waals surface area contributed by atoms with Crippen LogP contribution in [0.15, 0.2) is 62.2 Å². The molecule has 0 unspecified atom stereocenters. The number of benzene rings is 2. The van der Waals surface area contributed by atoms with Gasteiger partial charge in [0.05, 0.1) is 17.6 Å². The van der Waals surface area contributed by atoms with Crippen LogP contribution in [0.1, 0.15) is 16.1 Å². The molecule has 0 spiro atoms. The van der Waals surface area contributed by atoms with Crippen LogP contribution in [0, 0.1) is 6.92 Å². The molecule has 2 amide bonds. The lowest BCUT2D eigenvalue weighted by molar-refractivity contribution is -0.116. The van der Waals surface area contributed by atoms with E-state index >= 15 is 0 Å². The van der Waals surface area contributed by atoms with Gasteiger partial charge in [-0.25, -0.2) is 0 Å². The van der Waals surface area contributed by atoms with E-state index < -0.39 is 5.91 Å². The van der Waals surface area contributed by atoms with E-state index in [2.05, 4.69) is 21.2 Å². The van der Waals surface area contributed by atoms with Crippen LogP contribution in [0.4, 0.5) is 5.69 Å². The molecule has 3 aromatic rings. The van der Waals surface area contributed by atoms with E-state index in [1.54, 1.807) is 36.4 Å². The largest absolute Gasteiger partial charge is 0.451 e. The zero-order valence-corrected chi connectivity index (χ0v) is 16.4. The van der Waals surface area contributed by atoms with Gasteiger partial charge in [-0.15, -0.1) is 0 Å². The molecular weight excluding hydrogens is 412 g/mol. The Hall–Kier alpha value is -2.93. The number of anilines is 1. The number of para-hydroxylation sites is 1. The first-order valence-electron chi connectivity index (χ1n) is 8.19. The molecule has 0 bridgehead atoms. The summed E-state index contributed by atoms with van der Waals surface area (Å²) in [6.45, 7) is 1.69. The number of hydrogen-bond donors (Lipinski definition) is 1. The summed E-state index contributed by atoms with van der Waals surface area (Å²) in [6.07, 6.45) is 0. The number of likely N-dealkylation sites (N-methyl/N-ethyl adjacent to an activating group) is 1. The van der Waals surface area contributed by atoms with Crippen molar-refractivity contribution in [1.82, 2.24) is 4.90 Å². The average Bonchev–Trinajstić information content (AvgIpc) is 2.63. The third-order valence-electron chi connectivity index (χ3n) is 3.97. The highest BCUT2D eigenvalue weighted by atomic mass is 79.9. The fraction of sp³-hybridized carbons (Fsp3) is 0.150. The molecule has 27 heavy (non-hydrogen) atoms. The van der Waals surface area contributed by atoms with E-state index in [1.807, 2.05) is 13.0 Å². The molecule has 0 saturated carbocycles. The second-order valence-corrected chi connectivity index (χ2v) is 7.02. The predicted molar refractivity (Wildman–Crippen MR) is 107 cm³/mol. The van der Waals surface area contributed by atoms with Gasteiger partial charge in [0, 0.05) is 17.6 Å². The molecular formula is C20H17BrN2O4. The summed E-state index contributed by atoms with van der Waals surface area (Å²) in [6, 6.07) is 13.5. The summed E-state index contributed by atoms with van der Waals surface area (Å²) in [7, 11) is 1.47. The van der Waals surface area contributed by atoms with Gasteiger partial charge in [-0.3, -0.25) is 14.4 Å². The Labute approximate surface area is 163 Å². The maximum absolute atomic E-state index is 12.6. The van der Waals surface area contributed by atoms with E-state index in [4.69, 9.17) is 4.42 Å². The Morgan fingerprint density at radius 1 is 1.15 bits per heavy atom. The van der Waals surface area contributed by atoms with E-state index in [0.717, 1.165) is 16.1 Å². The number of halogens is 1. The van der Waals surface area contributed by atoms with Crippen molar-refractivity contribution in [1.29, 1.82) is 0 Å². The smallest absolute Gasteiger partial charge is 0.289 e. The molecule has 138 valence electrons. The molecule has 6 nitrogen and oxygen atoms in total. The van der Waals surface area contributed by atoms with Crippen LogP contribution in [-0.4, -0.2) is 30.3 Å². The van der Waals surface area contributed by atoms with Crippen molar-refractivity contribution >= 4 is 44.4 Å².